The first-order chi connectivity index (χ1) is 15.8. The van der Waals surface area contributed by atoms with Crippen molar-refractivity contribution in [2.75, 3.05) is 44.0 Å². The normalized spacial score (nSPS) is 11.1. The van der Waals surface area contributed by atoms with Crippen molar-refractivity contribution in [2.45, 2.75) is 52.5 Å². The van der Waals surface area contributed by atoms with E-state index in [9.17, 15) is 14.4 Å². The summed E-state index contributed by atoms with van der Waals surface area (Å²) in [5.41, 5.74) is 7.58. The molecule has 33 heavy (non-hydrogen) atoms. The number of unbranched alkanes of at least 4 members (excludes halogenated alkanes) is 1. The number of carbonyl (C=O) groups is 1. The van der Waals surface area contributed by atoms with Gasteiger partial charge in [-0.05, 0) is 29.9 Å². The molecule has 9 heteroatoms. The van der Waals surface area contributed by atoms with Gasteiger partial charge in [-0.25, -0.2) is 4.79 Å². The predicted octanol–water partition coefficient (Wildman–Crippen LogP) is 1.85. The first-order valence-corrected chi connectivity index (χ1v) is 11.5. The topological polar surface area (TPSA) is 122 Å². The molecule has 2 rings (SSSR count). The molecule has 0 atom stereocenters. The van der Waals surface area contributed by atoms with Crippen LogP contribution >= 0.6 is 0 Å². The molecule has 0 spiro atoms. The molecule has 1 aromatic carbocycles. The van der Waals surface area contributed by atoms with Crippen LogP contribution in [0.3, 0.4) is 0 Å². The Bertz CT molecular complexity index is 1010. The molecule has 1 aromatic heterocycles. The number of rotatable bonds is 13. The van der Waals surface area contributed by atoms with Crippen LogP contribution in [0.15, 0.2) is 33.9 Å². The number of aromatic nitrogens is 2. The van der Waals surface area contributed by atoms with Crippen LogP contribution in [0.2, 0.25) is 0 Å². The van der Waals surface area contributed by atoms with Crippen LogP contribution in [-0.2, 0) is 22.5 Å². The number of methoxy groups -OCH3 is 1. The van der Waals surface area contributed by atoms with Crippen molar-refractivity contribution in [1.29, 1.82) is 0 Å². The molecule has 2 aromatic rings. The van der Waals surface area contributed by atoms with Gasteiger partial charge >= 0.3 is 5.69 Å². The summed E-state index contributed by atoms with van der Waals surface area (Å²) in [6.07, 6.45) is 2.31. The van der Waals surface area contributed by atoms with E-state index in [4.69, 9.17) is 10.5 Å². The lowest BCUT2D eigenvalue weighted by Gasteiger charge is -2.25. The largest absolute Gasteiger partial charge is 0.383 e. The second-order valence-corrected chi connectivity index (χ2v) is 8.41. The Kier molecular flexibility index (Phi) is 10.2. The highest BCUT2D eigenvalue weighted by atomic mass is 16.5. The average molecular weight is 460 g/mol. The number of nitrogens with zero attached hydrogens (tertiary/aromatic N) is 2. The minimum atomic E-state index is -0.612. The number of H-pyrrole nitrogens is 1. The summed E-state index contributed by atoms with van der Waals surface area (Å²) in [6.45, 7) is 7.67. The van der Waals surface area contributed by atoms with E-state index in [2.05, 4.69) is 48.4 Å². The molecule has 0 aliphatic heterocycles. The van der Waals surface area contributed by atoms with Gasteiger partial charge in [-0.1, -0.05) is 51.5 Å². The molecule has 9 nitrogen and oxygen atoms in total. The predicted molar refractivity (Wildman–Crippen MR) is 132 cm³/mol. The zero-order chi connectivity index (χ0) is 24.4. The van der Waals surface area contributed by atoms with Gasteiger partial charge in [-0.2, -0.15) is 0 Å². The van der Waals surface area contributed by atoms with Crippen molar-refractivity contribution in [3.63, 3.8) is 0 Å². The minimum absolute atomic E-state index is 0.0614. The van der Waals surface area contributed by atoms with Crippen LogP contribution in [0.1, 0.15) is 50.7 Å². The molecule has 0 aliphatic carbocycles. The maximum absolute atomic E-state index is 12.7. The van der Waals surface area contributed by atoms with E-state index < -0.39 is 11.2 Å². The van der Waals surface area contributed by atoms with Crippen LogP contribution < -0.4 is 27.2 Å². The third-order valence-electron chi connectivity index (χ3n) is 5.55. The van der Waals surface area contributed by atoms with Gasteiger partial charge in [0.05, 0.1) is 13.2 Å². The molecule has 0 saturated heterocycles. The Morgan fingerprint density at radius 2 is 1.94 bits per heavy atom. The van der Waals surface area contributed by atoms with Crippen molar-refractivity contribution in [2.24, 2.45) is 0 Å². The Morgan fingerprint density at radius 3 is 2.55 bits per heavy atom. The van der Waals surface area contributed by atoms with Gasteiger partial charge in [-0.15, -0.1) is 0 Å². The van der Waals surface area contributed by atoms with E-state index in [0.717, 1.165) is 18.4 Å². The molecule has 0 bridgehead atoms. The summed E-state index contributed by atoms with van der Waals surface area (Å²) in [5, 5.41) is 2.90. The molecule has 0 fully saturated rings. The van der Waals surface area contributed by atoms with E-state index in [1.165, 1.54) is 10.1 Å². The smallest absolute Gasteiger partial charge is 0.330 e. The second-order valence-electron chi connectivity index (χ2n) is 8.41. The average Bonchev–Trinajstić information content (AvgIpc) is 2.77. The van der Waals surface area contributed by atoms with Crippen LogP contribution in [0.4, 0.5) is 11.5 Å². The third-order valence-corrected chi connectivity index (χ3v) is 5.55. The van der Waals surface area contributed by atoms with E-state index >= 15 is 0 Å². The van der Waals surface area contributed by atoms with E-state index in [1.807, 2.05) is 6.92 Å². The molecule has 0 unspecified atom stereocenters. The zero-order valence-electron chi connectivity index (χ0n) is 20.1. The fraction of sp³-hybridized carbons (Fsp3) is 0.542. The SMILES string of the molecule is CCCCn1c(N)c(N(CCOC)CC(=O)NCCc2ccc(C(C)C)cc2)c(=O)[nH]c1=O. The van der Waals surface area contributed by atoms with E-state index in [1.54, 1.807) is 12.0 Å². The Morgan fingerprint density at radius 1 is 1.24 bits per heavy atom. The fourth-order valence-electron chi connectivity index (χ4n) is 3.54. The van der Waals surface area contributed by atoms with Gasteiger partial charge in [-0.3, -0.25) is 19.1 Å². The van der Waals surface area contributed by atoms with Gasteiger partial charge in [0.25, 0.3) is 5.56 Å². The number of carbonyl (C=O) groups excluding carboxylic acids is 1. The lowest BCUT2D eigenvalue weighted by molar-refractivity contribution is -0.119. The molecule has 4 N–H and O–H groups in total. The van der Waals surface area contributed by atoms with Crippen LogP contribution in [-0.4, -0.2) is 48.8 Å². The number of hydrogen-bond acceptors (Lipinski definition) is 6. The molecule has 182 valence electrons. The van der Waals surface area contributed by atoms with Gasteiger partial charge in [0.1, 0.15) is 11.5 Å². The first-order valence-electron chi connectivity index (χ1n) is 11.5. The number of aromatic amines is 1. The van der Waals surface area contributed by atoms with Gasteiger partial charge in [0.2, 0.25) is 5.91 Å². The number of nitrogen functional groups attached to an aromatic ring is 1. The summed E-state index contributed by atoms with van der Waals surface area (Å²) in [7, 11) is 1.54. The standard InChI is InChI=1S/C24H37N5O4/c1-5-6-13-29-22(25)21(23(31)27-24(29)32)28(14-15-33-4)16-20(30)26-12-11-18-7-9-19(10-8-18)17(2)3/h7-10,17H,5-6,11-16,25H2,1-4H3,(H,26,30)(H,27,31,32). The van der Waals surface area contributed by atoms with Crippen molar-refractivity contribution in [3.8, 4) is 0 Å². The number of amides is 1. The maximum atomic E-state index is 12.7. The Balaban J connectivity index is 2.10. The zero-order valence-corrected chi connectivity index (χ0v) is 20.1. The van der Waals surface area contributed by atoms with E-state index in [0.29, 0.717) is 32.0 Å². The van der Waals surface area contributed by atoms with Crippen LogP contribution in [0.5, 0.6) is 0 Å². The first kappa shape index (κ1) is 26.2. The number of benzene rings is 1. The van der Waals surface area contributed by atoms with Crippen molar-refractivity contribution in [3.05, 3.63) is 56.2 Å². The number of anilines is 2. The van der Waals surface area contributed by atoms with Gasteiger partial charge in [0.15, 0.2) is 0 Å². The summed E-state index contributed by atoms with van der Waals surface area (Å²) in [4.78, 5) is 41.3. The van der Waals surface area contributed by atoms with Gasteiger partial charge < -0.3 is 20.7 Å². The summed E-state index contributed by atoms with van der Waals surface area (Å²) < 4.78 is 6.49. The van der Waals surface area contributed by atoms with Gasteiger partial charge in [0, 0.05) is 26.7 Å². The third kappa shape index (κ3) is 7.49. The van der Waals surface area contributed by atoms with Crippen molar-refractivity contribution in [1.82, 2.24) is 14.9 Å². The van der Waals surface area contributed by atoms with E-state index in [-0.39, 0.29) is 30.5 Å². The fourth-order valence-corrected chi connectivity index (χ4v) is 3.54. The van der Waals surface area contributed by atoms with Crippen molar-refractivity contribution >= 4 is 17.4 Å². The maximum Gasteiger partial charge on any atom is 0.330 e. The molecular weight excluding hydrogens is 422 g/mol. The highest BCUT2D eigenvalue weighted by Crippen LogP contribution is 2.17. The second kappa shape index (κ2) is 12.8. The van der Waals surface area contributed by atoms with Crippen LogP contribution in [0, 0.1) is 0 Å². The minimum Gasteiger partial charge on any atom is -0.383 e. The van der Waals surface area contributed by atoms with Crippen molar-refractivity contribution < 1.29 is 9.53 Å². The lowest BCUT2D eigenvalue weighted by Crippen LogP contribution is -2.44. The number of ether oxygens (including phenoxy) is 1. The molecule has 0 aliphatic rings. The molecule has 1 heterocycles. The number of hydrogen-bond donors (Lipinski definition) is 3. The highest BCUT2D eigenvalue weighted by Gasteiger charge is 2.21. The number of nitrogens with one attached hydrogen (secondary N) is 2. The molecule has 0 saturated carbocycles. The summed E-state index contributed by atoms with van der Waals surface area (Å²) in [5.74, 6) is 0.296. The molecule has 0 radical (unpaired) electrons. The van der Waals surface area contributed by atoms with Crippen LogP contribution in [0.25, 0.3) is 0 Å². The lowest BCUT2D eigenvalue weighted by atomic mass is 10.0. The molecular formula is C24H37N5O4. The summed E-state index contributed by atoms with van der Waals surface area (Å²) >= 11 is 0. The Hall–Kier alpha value is -3.07. The summed E-state index contributed by atoms with van der Waals surface area (Å²) in [6, 6.07) is 8.37. The quantitative estimate of drug-likeness (QED) is 0.420. The highest BCUT2D eigenvalue weighted by molar-refractivity contribution is 5.82. The number of nitrogens with two attached hydrogens (primary N) is 1. The Labute approximate surface area is 194 Å². The molecule has 1 amide bonds. The monoisotopic (exact) mass is 459 g/mol.